The standard InChI is InChI=1S/C19H27NO5/c1-23-12-9-20-19(22)17-13-16(15-7-3-2-4-8-15)14-18(25-17)24-11-6-5-10-21/h2-4,7-8,13,16,18,21H,5-6,9-12,14H2,1H3,(H,20,22). The van der Waals surface area contributed by atoms with Gasteiger partial charge >= 0.3 is 0 Å². The van der Waals surface area contributed by atoms with Gasteiger partial charge in [0.15, 0.2) is 5.76 Å². The lowest BCUT2D eigenvalue weighted by Crippen LogP contribution is -2.34. The zero-order valence-electron chi connectivity index (χ0n) is 14.6. The van der Waals surface area contributed by atoms with Crippen molar-refractivity contribution in [2.75, 3.05) is 33.5 Å². The van der Waals surface area contributed by atoms with Crippen LogP contribution >= 0.6 is 0 Å². The third-order valence-electron chi connectivity index (χ3n) is 3.96. The molecule has 1 aromatic carbocycles. The van der Waals surface area contributed by atoms with E-state index in [0.29, 0.717) is 32.6 Å². The Kier molecular flexibility index (Phi) is 8.45. The van der Waals surface area contributed by atoms with E-state index in [-0.39, 0.29) is 24.2 Å². The summed E-state index contributed by atoms with van der Waals surface area (Å²) in [6.07, 6.45) is 3.47. The third-order valence-corrected chi connectivity index (χ3v) is 3.96. The Morgan fingerprint density at radius 1 is 1.28 bits per heavy atom. The number of carbonyl (C=O) groups is 1. The van der Waals surface area contributed by atoms with E-state index in [1.54, 1.807) is 7.11 Å². The maximum Gasteiger partial charge on any atom is 0.286 e. The summed E-state index contributed by atoms with van der Waals surface area (Å²) in [6, 6.07) is 10.0. The molecule has 6 heteroatoms. The second-order valence-electron chi connectivity index (χ2n) is 5.88. The Morgan fingerprint density at radius 3 is 2.80 bits per heavy atom. The average Bonchev–Trinajstić information content (AvgIpc) is 2.66. The summed E-state index contributed by atoms with van der Waals surface area (Å²) < 4.78 is 16.4. The number of ether oxygens (including phenoxy) is 3. The summed E-state index contributed by atoms with van der Waals surface area (Å²) in [4.78, 5) is 12.3. The molecule has 0 aliphatic carbocycles. The van der Waals surface area contributed by atoms with Gasteiger partial charge in [-0.3, -0.25) is 4.79 Å². The number of methoxy groups -OCH3 is 1. The van der Waals surface area contributed by atoms with Crippen molar-refractivity contribution in [1.82, 2.24) is 5.32 Å². The van der Waals surface area contributed by atoms with Gasteiger partial charge in [0.25, 0.3) is 5.91 Å². The highest BCUT2D eigenvalue weighted by atomic mass is 16.7. The fourth-order valence-electron chi connectivity index (χ4n) is 2.63. The van der Waals surface area contributed by atoms with Crippen molar-refractivity contribution in [1.29, 1.82) is 0 Å². The summed E-state index contributed by atoms with van der Waals surface area (Å²) in [6.45, 7) is 1.51. The van der Waals surface area contributed by atoms with E-state index in [9.17, 15) is 4.79 Å². The molecule has 2 rings (SSSR count). The van der Waals surface area contributed by atoms with Crippen LogP contribution < -0.4 is 5.32 Å². The molecule has 2 N–H and O–H groups in total. The number of unbranched alkanes of at least 4 members (excludes halogenated alkanes) is 1. The maximum atomic E-state index is 12.3. The Labute approximate surface area is 148 Å². The Bertz CT molecular complexity index is 546. The molecule has 6 nitrogen and oxygen atoms in total. The van der Waals surface area contributed by atoms with Crippen LogP contribution in [0, 0.1) is 0 Å². The molecule has 1 aliphatic rings. The summed E-state index contributed by atoms with van der Waals surface area (Å²) in [5.74, 6) is 0.0750. The number of benzene rings is 1. The molecule has 138 valence electrons. The fourth-order valence-corrected chi connectivity index (χ4v) is 2.63. The molecule has 0 bridgehead atoms. The van der Waals surface area contributed by atoms with Gasteiger partial charge in [-0.05, 0) is 24.5 Å². The molecule has 0 saturated heterocycles. The second-order valence-corrected chi connectivity index (χ2v) is 5.88. The second kappa shape index (κ2) is 10.9. The van der Waals surface area contributed by atoms with Crippen LogP contribution in [-0.2, 0) is 19.0 Å². The minimum Gasteiger partial charge on any atom is -0.459 e. The molecule has 2 atom stereocenters. The molecule has 1 aliphatic heterocycles. The van der Waals surface area contributed by atoms with Gasteiger partial charge in [-0.25, -0.2) is 0 Å². The molecule has 0 saturated carbocycles. The normalized spacial score (nSPS) is 19.8. The summed E-state index contributed by atoms with van der Waals surface area (Å²) in [7, 11) is 1.59. The highest BCUT2D eigenvalue weighted by Gasteiger charge is 2.28. The molecule has 0 spiro atoms. The minimum atomic E-state index is -0.475. The van der Waals surface area contributed by atoms with Crippen LogP contribution in [0.25, 0.3) is 0 Å². The zero-order chi connectivity index (χ0) is 17.9. The molecular weight excluding hydrogens is 322 g/mol. The first kappa shape index (κ1) is 19.4. The highest BCUT2D eigenvalue weighted by Crippen LogP contribution is 2.31. The van der Waals surface area contributed by atoms with Crippen LogP contribution in [0.1, 0.15) is 30.7 Å². The van der Waals surface area contributed by atoms with Crippen molar-refractivity contribution in [3.63, 3.8) is 0 Å². The summed E-state index contributed by atoms with van der Waals surface area (Å²) in [5.41, 5.74) is 1.12. The van der Waals surface area contributed by atoms with Crippen molar-refractivity contribution < 1.29 is 24.1 Å². The first-order chi connectivity index (χ1) is 12.2. The zero-order valence-corrected chi connectivity index (χ0v) is 14.6. The number of hydrogen-bond acceptors (Lipinski definition) is 5. The van der Waals surface area contributed by atoms with Crippen molar-refractivity contribution >= 4 is 5.91 Å². The van der Waals surface area contributed by atoms with Gasteiger partial charge in [-0.2, -0.15) is 0 Å². The van der Waals surface area contributed by atoms with Crippen molar-refractivity contribution in [3.8, 4) is 0 Å². The van der Waals surface area contributed by atoms with Gasteiger partial charge in [0.2, 0.25) is 6.29 Å². The minimum absolute atomic E-state index is 0.0565. The number of aliphatic hydroxyl groups excluding tert-OH is 1. The molecule has 0 aromatic heterocycles. The lowest BCUT2D eigenvalue weighted by Gasteiger charge is -2.29. The van der Waals surface area contributed by atoms with E-state index < -0.39 is 6.29 Å². The number of allylic oxidation sites excluding steroid dienone is 1. The Morgan fingerprint density at radius 2 is 2.08 bits per heavy atom. The van der Waals surface area contributed by atoms with E-state index in [2.05, 4.69) is 5.32 Å². The number of nitrogens with one attached hydrogen (secondary N) is 1. The lowest BCUT2D eigenvalue weighted by molar-refractivity contribution is -0.146. The number of rotatable bonds is 10. The van der Waals surface area contributed by atoms with E-state index in [4.69, 9.17) is 19.3 Å². The third kappa shape index (κ3) is 6.49. The molecule has 25 heavy (non-hydrogen) atoms. The van der Waals surface area contributed by atoms with E-state index in [1.807, 2.05) is 36.4 Å². The number of carbonyl (C=O) groups excluding carboxylic acids is 1. The van der Waals surface area contributed by atoms with Gasteiger partial charge in [0, 0.05) is 32.6 Å². The highest BCUT2D eigenvalue weighted by molar-refractivity contribution is 5.91. The largest absolute Gasteiger partial charge is 0.459 e. The molecule has 0 radical (unpaired) electrons. The first-order valence-electron chi connectivity index (χ1n) is 8.67. The Hall–Kier alpha value is -1.89. The first-order valence-corrected chi connectivity index (χ1v) is 8.67. The van der Waals surface area contributed by atoms with Crippen LogP contribution in [0.4, 0.5) is 0 Å². The summed E-state index contributed by atoms with van der Waals surface area (Å²) >= 11 is 0. The lowest BCUT2D eigenvalue weighted by atomic mass is 9.93. The van der Waals surface area contributed by atoms with Gasteiger partial charge in [-0.15, -0.1) is 0 Å². The van der Waals surface area contributed by atoms with Crippen molar-refractivity contribution in [3.05, 3.63) is 47.7 Å². The van der Waals surface area contributed by atoms with Crippen LogP contribution in [-0.4, -0.2) is 50.8 Å². The van der Waals surface area contributed by atoms with Gasteiger partial charge in [-0.1, -0.05) is 30.3 Å². The number of aliphatic hydroxyl groups is 1. The summed E-state index contributed by atoms with van der Waals surface area (Å²) in [5, 5.41) is 11.6. The molecular formula is C19H27NO5. The molecule has 1 heterocycles. The monoisotopic (exact) mass is 349 g/mol. The fraction of sp³-hybridized carbons (Fsp3) is 0.526. The predicted octanol–water partition coefficient (Wildman–Crippen LogP) is 1.95. The van der Waals surface area contributed by atoms with Crippen LogP contribution in [0.5, 0.6) is 0 Å². The maximum absolute atomic E-state index is 12.3. The van der Waals surface area contributed by atoms with E-state index >= 15 is 0 Å². The molecule has 1 aromatic rings. The Balaban J connectivity index is 2.03. The van der Waals surface area contributed by atoms with Crippen molar-refractivity contribution in [2.24, 2.45) is 0 Å². The van der Waals surface area contributed by atoms with Gasteiger partial charge in [0.1, 0.15) is 0 Å². The molecule has 1 amide bonds. The van der Waals surface area contributed by atoms with Gasteiger partial charge in [0.05, 0.1) is 13.2 Å². The number of amides is 1. The topological polar surface area (TPSA) is 77.0 Å². The van der Waals surface area contributed by atoms with Gasteiger partial charge < -0.3 is 24.6 Å². The smallest absolute Gasteiger partial charge is 0.286 e. The quantitative estimate of drug-likeness (QED) is 0.632. The SMILES string of the molecule is COCCNC(=O)C1=CC(c2ccccc2)CC(OCCCCO)O1. The van der Waals surface area contributed by atoms with Crippen molar-refractivity contribution in [2.45, 2.75) is 31.5 Å². The van der Waals surface area contributed by atoms with E-state index in [0.717, 1.165) is 12.0 Å². The van der Waals surface area contributed by atoms with Crippen LogP contribution in [0.3, 0.4) is 0 Å². The predicted molar refractivity (Wildman–Crippen MR) is 93.9 cm³/mol. The number of hydrogen-bond donors (Lipinski definition) is 2. The molecule has 0 fully saturated rings. The molecule has 2 unspecified atom stereocenters. The average molecular weight is 349 g/mol. The van der Waals surface area contributed by atoms with Crippen LogP contribution in [0.2, 0.25) is 0 Å². The van der Waals surface area contributed by atoms with E-state index in [1.165, 1.54) is 0 Å². The van der Waals surface area contributed by atoms with Crippen LogP contribution in [0.15, 0.2) is 42.2 Å².